The van der Waals surface area contributed by atoms with E-state index in [0.29, 0.717) is 6.04 Å². The normalized spacial score (nSPS) is 12.6. The summed E-state index contributed by atoms with van der Waals surface area (Å²) in [5, 5.41) is 4.34. The Labute approximate surface area is 120 Å². The highest BCUT2D eigenvalue weighted by molar-refractivity contribution is 6.30. The molecular weight excluding hydrogens is 256 g/mol. The van der Waals surface area contributed by atoms with E-state index in [1.807, 2.05) is 12.1 Å². The number of hydrogen-bond acceptors (Lipinski definition) is 1. The van der Waals surface area contributed by atoms with Crippen LogP contribution >= 0.6 is 11.6 Å². The molecule has 1 heterocycles. The molecule has 1 aromatic carbocycles. The zero-order valence-corrected chi connectivity index (χ0v) is 12.3. The molecule has 2 rings (SSSR count). The van der Waals surface area contributed by atoms with Gasteiger partial charge in [-0.15, -0.1) is 0 Å². The first-order valence-corrected chi connectivity index (χ1v) is 7.21. The maximum absolute atomic E-state index is 5.91. The maximum atomic E-state index is 5.91. The van der Waals surface area contributed by atoms with Crippen molar-refractivity contribution in [1.29, 1.82) is 0 Å². The van der Waals surface area contributed by atoms with Gasteiger partial charge < -0.3 is 9.88 Å². The molecule has 0 saturated heterocycles. The molecule has 0 aliphatic heterocycles. The molecule has 0 aliphatic carbocycles. The van der Waals surface area contributed by atoms with E-state index in [2.05, 4.69) is 54.2 Å². The van der Waals surface area contributed by atoms with Gasteiger partial charge in [-0.05, 0) is 43.2 Å². The second kappa shape index (κ2) is 6.78. The molecule has 2 nitrogen and oxygen atoms in total. The molecule has 0 fully saturated rings. The van der Waals surface area contributed by atoms with Crippen molar-refractivity contribution < 1.29 is 0 Å². The predicted molar refractivity (Wildman–Crippen MR) is 81.4 cm³/mol. The number of halogens is 1. The van der Waals surface area contributed by atoms with Gasteiger partial charge in [0.05, 0.1) is 0 Å². The van der Waals surface area contributed by atoms with E-state index in [4.69, 9.17) is 11.6 Å². The van der Waals surface area contributed by atoms with Crippen molar-refractivity contribution in [2.24, 2.45) is 0 Å². The molecule has 0 radical (unpaired) electrons. The summed E-state index contributed by atoms with van der Waals surface area (Å²) < 4.78 is 2.31. The summed E-state index contributed by atoms with van der Waals surface area (Å²) in [6, 6.07) is 12.6. The Kier molecular flexibility index (Phi) is 5.06. The highest BCUT2D eigenvalue weighted by atomic mass is 35.5. The highest BCUT2D eigenvalue weighted by Gasteiger charge is 2.06. The first-order chi connectivity index (χ1) is 9.20. The lowest BCUT2D eigenvalue weighted by atomic mass is 10.1. The summed E-state index contributed by atoms with van der Waals surface area (Å²) >= 11 is 5.91. The fraction of sp³-hybridized carbons (Fsp3) is 0.375. The third kappa shape index (κ3) is 3.85. The quantitative estimate of drug-likeness (QED) is 0.827. The van der Waals surface area contributed by atoms with Crippen LogP contribution in [0.4, 0.5) is 0 Å². The van der Waals surface area contributed by atoms with Crippen LogP contribution in [0.1, 0.15) is 37.6 Å². The van der Waals surface area contributed by atoms with E-state index >= 15 is 0 Å². The molecular formula is C16H21ClN2. The molecule has 0 unspecified atom stereocenters. The van der Waals surface area contributed by atoms with Crippen molar-refractivity contribution in [3.05, 3.63) is 58.9 Å². The minimum absolute atomic E-state index is 0.322. The van der Waals surface area contributed by atoms with E-state index in [1.54, 1.807) is 0 Å². The molecule has 1 N–H and O–H groups in total. The van der Waals surface area contributed by atoms with Crippen LogP contribution in [0.15, 0.2) is 42.6 Å². The topological polar surface area (TPSA) is 17.0 Å². The Morgan fingerprint density at radius 3 is 2.63 bits per heavy atom. The van der Waals surface area contributed by atoms with Crippen LogP contribution in [0.25, 0.3) is 0 Å². The summed E-state index contributed by atoms with van der Waals surface area (Å²) in [6.45, 7) is 6.35. The van der Waals surface area contributed by atoms with Crippen molar-refractivity contribution >= 4 is 11.6 Å². The van der Waals surface area contributed by atoms with Gasteiger partial charge in [0.15, 0.2) is 0 Å². The fourth-order valence-corrected chi connectivity index (χ4v) is 2.32. The number of rotatable bonds is 6. The van der Waals surface area contributed by atoms with Gasteiger partial charge in [-0.1, -0.05) is 30.7 Å². The molecule has 0 aliphatic rings. The molecule has 1 aromatic heterocycles. The molecule has 102 valence electrons. The van der Waals surface area contributed by atoms with Gasteiger partial charge in [-0.2, -0.15) is 0 Å². The molecule has 3 heteroatoms. The Balaban J connectivity index is 1.94. The van der Waals surface area contributed by atoms with E-state index in [1.165, 1.54) is 11.3 Å². The first-order valence-electron chi connectivity index (χ1n) is 6.83. The van der Waals surface area contributed by atoms with E-state index in [9.17, 15) is 0 Å². The first kappa shape index (κ1) is 14.2. The number of aromatic nitrogens is 1. The van der Waals surface area contributed by atoms with Crippen molar-refractivity contribution in [3.63, 3.8) is 0 Å². The molecule has 2 aromatic rings. The van der Waals surface area contributed by atoms with Gasteiger partial charge in [0.25, 0.3) is 0 Å². The van der Waals surface area contributed by atoms with Gasteiger partial charge in [-0.25, -0.2) is 0 Å². The Morgan fingerprint density at radius 1 is 1.21 bits per heavy atom. The summed E-state index contributed by atoms with van der Waals surface area (Å²) in [4.78, 5) is 0. The highest BCUT2D eigenvalue weighted by Crippen LogP contribution is 2.16. The SMILES string of the molecule is CCCn1cccc1CN[C@@H](C)c1ccc(Cl)cc1. The van der Waals surface area contributed by atoms with Crippen LogP contribution in [0.3, 0.4) is 0 Å². The third-order valence-electron chi connectivity index (χ3n) is 3.35. The zero-order valence-electron chi connectivity index (χ0n) is 11.6. The van der Waals surface area contributed by atoms with Crippen molar-refractivity contribution in [1.82, 2.24) is 9.88 Å². The largest absolute Gasteiger partial charge is 0.350 e. The standard InChI is InChI=1S/C16H21ClN2/c1-3-10-19-11-4-5-16(19)12-18-13(2)14-6-8-15(17)9-7-14/h4-9,11,13,18H,3,10,12H2,1-2H3/t13-/m0/s1. The van der Waals surface area contributed by atoms with Crippen LogP contribution in [0.2, 0.25) is 5.02 Å². The van der Waals surface area contributed by atoms with Crippen molar-refractivity contribution in [2.75, 3.05) is 0 Å². The summed E-state index contributed by atoms with van der Waals surface area (Å²) in [7, 11) is 0. The second-order valence-corrected chi connectivity index (χ2v) is 5.28. The van der Waals surface area contributed by atoms with Gasteiger partial charge in [0.2, 0.25) is 0 Å². The van der Waals surface area contributed by atoms with Crippen LogP contribution < -0.4 is 5.32 Å². The smallest absolute Gasteiger partial charge is 0.0406 e. The summed E-state index contributed by atoms with van der Waals surface area (Å²) in [5.41, 5.74) is 2.60. The van der Waals surface area contributed by atoms with Crippen LogP contribution in [0, 0.1) is 0 Å². The Bertz CT molecular complexity index is 502. The Hall–Kier alpha value is -1.25. The maximum Gasteiger partial charge on any atom is 0.0406 e. The van der Waals surface area contributed by atoms with Crippen LogP contribution in [-0.2, 0) is 13.1 Å². The van der Waals surface area contributed by atoms with Gasteiger partial charge >= 0.3 is 0 Å². The monoisotopic (exact) mass is 276 g/mol. The van der Waals surface area contributed by atoms with Gasteiger partial charge in [-0.3, -0.25) is 0 Å². The minimum atomic E-state index is 0.322. The molecule has 0 spiro atoms. The lowest BCUT2D eigenvalue weighted by Gasteiger charge is -2.15. The number of aryl methyl sites for hydroxylation is 1. The molecule has 1 atom stereocenters. The lowest BCUT2D eigenvalue weighted by Crippen LogP contribution is -2.20. The number of benzene rings is 1. The average molecular weight is 277 g/mol. The third-order valence-corrected chi connectivity index (χ3v) is 3.60. The van der Waals surface area contributed by atoms with Crippen LogP contribution in [0.5, 0.6) is 0 Å². The number of nitrogens with zero attached hydrogens (tertiary/aromatic N) is 1. The molecule has 0 saturated carbocycles. The molecule has 0 bridgehead atoms. The average Bonchev–Trinajstić information content (AvgIpc) is 2.85. The fourth-order valence-electron chi connectivity index (χ4n) is 2.20. The minimum Gasteiger partial charge on any atom is -0.350 e. The summed E-state index contributed by atoms with van der Waals surface area (Å²) in [6.07, 6.45) is 3.31. The number of nitrogens with one attached hydrogen (secondary N) is 1. The van der Waals surface area contributed by atoms with Gasteiger partial charge in [0.1, 0.15) is 0 Å². The lowest BCUT2D eigenvalue weighted by molar-refractivity contribution is 0.542. The van der Waals surface area contributed by atoms with Crippen molar-refractivity contribution in [2.45, 2.75) is 39.4 Å². The zero-order chi connectivity index (χ0) is 13.7. The van der Waals surface area contributed by atoms with Crippen molar-refractivity contribution in [3.8, 4) is 0 Å². The van der Waals surface area contributed by atoms with Crippen LogP contribution in [-0.4, -0.2) is 4.57 Å². The molecule has 0 amide bonds. The number of hydrogen-bond donors (Lipinski definition) is 1. The van der Waals surface area contributed by atoms with Gasteiger partial charge in [0, 0.05) is 36.0 Å². The summed E-state index contributed by atoms with van der Waals surface area (Å²) in [5.74, 6) is 0. The van der Waals surface area contributed by atoms with E-state index < -0.39 is 0 Å². The van der Waals surface area contributed by atoms with E-state index in [0.717, 1.165) is 24.5 Å². The predicted octanol–water partition coefficient (Wildman–Crippen LogP) is 4.40. The second-order valence-electron chi connectivity index (χ2n) is 4.85. The Morgan fingerprint density at radius 2 is 1.95 bits per heavy atom. The molecule has 19 heavy (non-hydrogen) atoms. The van der Waals surface area contributed by atoms with E-state index in [-0.39, 0.29) is 0 Å².